The molecule has 0 fully saturated rings. The van der Waals surface area contributed by atoms with Crippen LogP contribution in [-0.4, -0.2) is 0 Å². The van der Waals surface area contributed by atoms with Gasteiger partial charge in [0.25, 0.3) is 11.4 Å². The van der Waals surface area contributed by atoms with Gasteiger partial charge in [-0.05, 0) is 84.4 Å². The van der Waals surface area contributed by atoms with Crippen LogP contribution in [0, 0.1) is 47.6 Å². The van der Waals surface area contributed by atoms with Gasteiger partial charge in [0.05, 0.1) is 25.3 Å². The largest absolute Gasteiger partial charge is 0.263 e. The zero-order valence-electron chi connectivity index (χ0n) is 31.1. The van der Waals surface area contributed by atoms with E-state index in [-0.39, 0.29) is 11.4 Å². The summed E-state index contributed by atoms with van der Waals surface area (Å²) in [4.78, 5) is 16.5. The molecule has 0 saturated heterocycles. The number of rotatable bonds is 17. The lowest BCUT2D eigenvalue weighted by atomic mass is 9.91. The van der Waals surface area contributed by atoms with Gasteiger partial charge in [0.15, 0.2) is 0 Å². The highest BCUT2D eigenvalue weighted by Gasteiger charge is 2.20. The number of nitrogens with zero attached hydrogens (tertiary/aromatic N) is 4. The van der Waals surface area contributed by atoms with E-state index in [1.165, 1.54) is 84.9 Å². The maximum Gasteiger partial charge on any atom is 0.263 e. The first kappa shape index (κ1) is 39.8. The fourth-order valence-corrected chi connectivity index (χ4v) is 14.5. The van der Waals surface area contributed by atoms with Crippen LogP contribution < -0.4 is 0 Å². The Morgan fingerprint density at radius 3 is 1.09 bits per heavy atom. The third-order valence-electron chi connectivity index (χ3n) is 9.64. The number of thiophene rings is 6. The molecule has 6 aromatic heterocycles. The predicted molar refractivity (Wildman–Crippen MR) is 239 cm³/mol. The summed E-state index contributed by atoms with van der Waals surface area (Å²) >= 11 is 10.8. The van der Waals surface area contributed by atoms with Crippen molar-refractivity contribution < 1.29 is 0 Å². The molecule has 0 aliphatic rings. The van der Waals surface area contributed by atoms with E-state index in [0.29, 0.717) is 11.8 Å². The lowest BCUT2D eigenvalue weighted by Gasteiger charge is -2.15. The Morgan fingerprint density at radius 1 is 0.537 bits per heavy atom. The quantitative estimate of drug-likeness (QED) is 0.0680. The monoisotopic (exact) mass is 818 g/mol. The number of nitriles is 2. The van der Waals surface area contributed by atoms with Crippen LogP contribution in [0.5, 0.6) is 0 Å². The molecular weight excluding hydrogens is 777 g/mol. The highest BCUT2D eigenvalue weighted by Crippen LogP contribution is 2.49. The molecule has 0 amide bonds. The Bertz CT molecular complexity index is 2200. The molecule has 0 atom stereocenters. The van der Waals surface area contributed by atoms with E-state index in [0.717, 1.165) is 48.3 Å². The van der Waals surface area contributed by atoms with Crippen LogP contribution in [-0.2, 0) is 12.8 Å². The molecule has 54 heavy (non-hydrogen) atoms. The normalized spacial score (nSPS) is 12.2. The van der Waals surface area contributed by atoms with Crippen molar-refractivity contribution >= 4 is 99.0 Å². The van der Waals surface area contributed by atoms with Crippen LogP contribution in [0.3, 0.4) is 0 Å². The van der Waals surface area contributed by atoms with Crippen LogP contribution >= 0.6 is 68.0 Å². The second-order valence-corrected chi connectivity index (χ2v) is 20.2. The highest BCUT2D eigenvalue weighted by molar-refractivity contribution is 7.36. The van der Waals surface area contributed by atoms with Gasteiger partial charge in [0.1, 0.15) is 0 Å². The molecule has 0 unspecified atom stereocenters. The second-order valence-electron chi connectivity index (χ2n) is 13.7. The molecule has 6 rings (SSSR count). The summed E-state index contributed by atoms with van der Waals surface area (Å²) in [5.41, 5.74) is 2.80. The number of fused-ring (bicyclic) bond motifs is 2. The Balaban J connectivity index is 1.26. The minimum Gasteiger partial charge on any atom is -0.227 e. The first-order chi connectivity index (χ1) is 26.3. The summed E-state index contributed by atoms with van der Waals surface area (Å²) in [7, 11) is 0. The Morgan fingerprint density at radius 2 is 0.833 bits per heavy atom. The maximum atomic E-state index is 9.51. The van der Waals surface area contributed by atoms with Crippen molar-refractivity contribution in [3.8, 4) is 41.4 Å². The fourth-order valence-electron chi connectivity index (χ4n) is 7.23. The topological polar surface area (TPSA) is 56.3 Å². The fraction of sp³-hybridized carbons (Fsp3) is 0.364. The van der Waals surface area contributed by atoms with Crippen LogP contribution in [0.2, 0.25) is 0 Å². The SMILES string of the molecule is [C-]#[N+]/C(C#N)=C\c1sc(-c2cc3sc(-c4cc5sc(-c6cc(CC(CCC)CCC)c(/C=C(\C#N)[N+]#[C-])s6)cc5s4)cc3s2)cc1CC(CCC)CCC. The van der Waals surface area contributed by atoms with Gasteiger partial charge in [-0.3, -0.25) is 0 Å². The first-order valence-corrected chi connectivity index (χ1v) is 23.5. The Kier molecular flexibility index (Phi) is 13.8. The van der Waals surface area contributed by atoms with Gasteiger partial charge in [-0.15, -0.1) is 68.0 Å². The van der Waals surface area contributed by atoms with Gasteiger partial charge in [-0.25, -0.2) is 20.2 Å². The molecule has 0 N–H and O–H groups in total. The third-order valence-corrected chi connectivity index (χ3v) is 17.1. The molecule has 0 saturated carbocycles. The summed E-state index contributed by atoms with van der Waals surface area (Å²) < 4.78 is 5.15. The molecule has 0 aromatic carbocycles. The van der Waals surface area contributed by atoms with Crippen LogP contribution in [0.15, 0.2) is 47.8 Å². The highest BCUT2D eigenvalue weighted by atomic mass is 32.1. The molecule has 0 spiro atoms. The summed E-state index contributed by atoms with van der Waals surface area (Å²) in [6.07, 6.45) is 14.9. The summed E-state index contributed by atoms with van der Waals surface area (Å²) in [5.74, 6) is 1.22. The van der Waals surface area contributed by atoms with Crippen molar-refractivity contribution in [3.05, 3.63) is 91.5 Å². The first-order valence-electron chi connectivity index (χ1n) is 18.6. The number of allylic oxidation sites excluding steroid dienone is 2. The smallest absolute Gasteiger partial charge is 0.227 e. The minimum atomic E-state index is 0.141. The van der Waals surface area contributed by atoms with Gasteiger partial charge in [-0.2, -0.15) is 0 Å². The van der Waals surface area contributed by atoms with E-state index >= 15 is 0 Å². The molecule has 10 heteroatoms. The lowest BCUT2D eigenvalue weighted by Crippen LogP contribution is -2.04. The van der Waals surface area contributed by atoms with Crippen molar-refractivity contribution in [3.63, 3.8) is 0 Å². The van der Waals surface area contributed by atoms with Gasteiger partial charge in [0, 0.05) is 57.8 Å². The van der Waals surface area contributed by atoms with E-state index in [9.17, 15) is 10.5 Å². The van der Waals surface area contributed by atoms with Crippen molar-refractivity contribution in [2.75, 3.05) is 0 Å². The molecule has 0 radical (unpaired) electrons. The van der Waals surface area contributed by atoms with Crippen LogP contribution in [0.4, 0.5) is 0 Å². The Labute approximate surface area is 343 Å². The van der Waals surface area contributed by atoms with E-state index in [1.807, 2.05) is 45.3 Å². The van der Waals surface area contributed by atoms with Gasteiger partial charge in [-0.1, -0.05) is 79.1 Å². The zero-order valence-corrected chi connectivity index (χ0v) is 36.0. The lowest BCUT2D eigenvalue weighted by molar-refractivity contribution is 0.438. The van der Waals surface area contributed by atoms with Crippen molar-refractivity contribution in [2.45, 2.75) is 91.9 Å². The standard InChI is InChI=1S/C44H42N4S6/c1-7-11-27(12-8-2)15-29-17-35(49-33(29)19-31(25-45)47-5)37-21-39-41(51-37)23-43(53-39)44-24-42-40(54-44)22-38(52-42)36-18-30(16-28(13-9-3)14-10-4)34(50-36)20-32(26-46)48-6/h17-24,27-28H,7-16H2,1-4H3/b31-19-,32-20+. The number of hydrogen-bond acceptors (Lipinski definition) is 8. The average molecular weight is 819 g/mol. The third kappa shape index (κ3) is 9.16. The summed E-state index contributed by atoms with van der Waals surface area (Å²) in [5, 5.41) is 19.0. The van der Waals surface area contributed by atoms with Gasteiger partial charge in [0.2, 0.25) is 0 Å². The Hall–Kier alpha value is -3.84. The van der Waals surface area contributed by atoms with Crippen molar-refractivity contribution in [2.24, 2.45) is 11.8 Å². The average Bonchev–Trinajstić information content (AvgIpc) is 4.00. The molecule has 6 aromatic rings. The molecule has 0 aliphatic carbocycles. The van der Waals surface area contributed by atoms with E-state index in [1.54, 1.807) is 34.8 Å². The summed E-state index contributed by atoms with van der Waals surface area (Å²) in [6, 6.07) is 18.1. The van der Waals surface area contributed by atoms with Gasteiger partial charge < -0.3 is 0 Å². The molecular formula is C44H42N4S6. The second kappa shape index (κ2) is 18.7. The maximum absolute atomic E-state index is 9.51. The molecule has 6 heterocycles. The van der Waals surface area contributed by atoms with E-state index < -0.39 is 0 Å². The van der Waals surface area contributed by atoms with Crippen LogP contribution in [0.1, 0.15) is 99.9 Å². The molecule has 4 nitrogen and oxygen atoms in total. The predicted octanol–water partition coefficient (Wildman–Crippen LogP) is 16.4. The van der Waals surface area contributed by atoms with Crippen molar-refractivity contribution in [1.29, 1.82) is 10.5 Å². The molecule has 0 bridgehead atoms. The zero-order chi connectivity index (χ0) is 38.2. The van der Waals surface area contributed by atoms with E-state index in [2.05, 4.69) is 85.9 Å². The van der Waals surface area contributed by atoms with Gasteiger partial charge >= 0.3 is 0 Å². The van der Waals surface area contributed by atoms with E-state index in [4.69, 9.17) is 13.1 Å². The minimum absolute atomic E-state index is 0.141. The molecule has 0 aliphatic heterocycles. The molecule has 274 valence electrons. The van der Waals surface area contributed by atoms with Crippen LogP contribution in [0.25, 0.3) is 69.9 Å². The van der Waals surface area contributed by atoms with Crippen molar-refractivity contribution in [1.82, 2.24) is 0 Å². The summed E-state index contributed by atoms with van der Waals surface area (Å²) in [6.45, 7) is 23.9. The number of hydrogen-bond donors (Lipinski definition) is 0.